The second-order valence-electron chi connectivity index (χ2n) is 15.9. The lowest BCUT2D eigenvalue weighted by atomic mass is 9.99. The van der Waals surface area contributed by atoms with Crippen molar-refractivity contribution in [2.24, 2.45) is 7.05 Å². The van der Waals surface area contributed by atoms with Crippen LogP contribution in [0.4, 0.5) is 4.39 Å². The summed E-state index contributed by atoms with van der Waals surface area (Å²) < 4.78 is 30.7. The van der Waals surface area contributed by atoms with Crippen molar-refractivity contribution < 1.29 is 23.5 Å². The van der Waals surface area contributed by atoms with Gasteiger partial charge in [-0.1, -0.05) is 25.1 Å². The lowest BCUT2D eigenvalue weighted by Gasteiger charge is -2.20. The van der Waals surface area contributed by atoms with Crippen LogP contribution in [0.1, 0.15) is 61.7 Å². The van der Waals surface area contributed by atoms with E-state index in [1.807, 2.05) is 79.9 Å². The van der Waals surface area contributed by atoms with Crippen molar-refractivity contribution in [3.63, 3.8) is 0 Å². The van der Waals surface area contributed by atoms with Crippen LogP contribution in [0.15, 0.2) is 79.0 Å². The first-order valence-electron chi connectivity index (χ1n) is 20.8. The average Bonchev–Trinajstić information content (AvgIpc) is 4.07. The van der Waals surface area contributed by atoms with Crippen molar-refractivity contribution in [1.82, 2.24) is 49.8 Å². The first-order chi connectivity index (χ1) is 30.6. The number of amides is 2. The number of aryl methyl sites for hydroxylation is 2. The number of aromatic amines is 2. The number of ether oxygens (including phenoxy) is 2. The Kier molecular flexibility index (Phi) is 9.93. The summed E-state index contributed by atoms with van der Waals surface area (Å²) in [5.41, 5.74) is 9.98. The molecule has 0 fully saturated rings. The van der Waals surface area contributed by atoms with Gasteiger partial charge >= 0.3 is 0 Å². The predicted octanol–water partition coefficient (Wildman–Crippen LogP) is 7.72. The SMILES string of the molecule is CCc1nn(Cc2ccc3c(c2)-c2ccc4[nH]nc(c4c2)/C=C/c2cn(C)nc2C(=O)N(C)CCO3)c2c1/C=C/c1[nH]nc3ccc(cc13)-c1cc(F)ccc1OCCN(C)C2=O. The van der Waals surface area contributed by atoms with Crippen molar-refractivity contribution in [2.75, 3.05) is 40.4 Å². The molecule has 0 atom stereocenters. The van der Waals surface area contributed by atoms with Crippen LogP contribution >= 0.6 is 0 Å². The number of nitrogens with one attached hydrogen (secondary N) is 2. The molecule has 0 aliphatic carbocycles. The summed E-state index contributed by atoms with van der Waals surface area (Å²) in [5, 5.41) is 26.6. The minimum absolute atomic E-state index is 0.178. The highest BCUT2D eigenvalue weighted by Gasteiger charge is 2.26. The number of halogens is 1. The van der Waals surface area contributed by atoms with E-state index in [-0.39, 0.29) is 43.9 Å². The third kappa shape index (κ3) is 7.30. The molecule has 2 N–H and O–H groups in total. The first kappa shape index (κ1) is 39.3. The molecule has 0 saturated heterocycles. The molecule has 0 radical (unpaired) electrons. The van der Waals surface area contributed by atoms with Gasteiger partial charge in [-0.2, -0.15) is 20.4 Å². The topological polar surface area (TPSA) is 152 Å². The molecule has 2 amide bonds. The molecular weight excluding hydrogens is 800 g/mol. The molecule has 2 aliphatic rings. The molecule has 4 aromatic heterocycles. The van der Waals surface area contributed by atoms with Crippen LogP contribution in [0, 0.1) is 5.82 Å². The Balaban J connectivity index is 1.05. The second kappa shape index (κ2) is 15.9. The van der Waals surface area contributed by atoms with Gasteiger partial charge in [-0.15, -0.1) is 0 Å². The van der Waals surface area contributed by atoms with Gasteiger partial charge in [0.05, 0.1) is 47.7 Å². The largest absolute Gasteiger partial charge is 0.491 e. The van der Waals surface area contributed by atoms with Crippen LogP contribution in [-0.2, 0) is 20.0 Å². The van der Waals surface area contributed by atoms with Crippen LogP contribution in [0.25, 0.3) is 68.4 Å². The zero-order valence-corrected chi connectivity index (χ0v) is 35.1. The molecule has 0 spiro atoms. The van der Waals surface area contributed by atoms with Gasteiger partial charge in [-0.25, -0.2) is 4.39 Å². The molecule has 0 saturated carbocycles. The number of aromatic nitrogens is 8. The number of hydrogen-bond acceptors (Lipinski definition) is 8. The molecule has 10 rings (SSSR count). The van der Waals surface area contributed by atoms with Crippen LogP contribution in [-0.4, -0.2) is 102 Å². The van der Waals surface area contributed by atoms with Crippen molar-refractivity contribution in [3.05, 3.63) is 130 Å². The molecular formula is C48H43FN10O4. The number of carbonyl (C=O) groups excluding carboxylic acids is 2. The molecule has 316 valence electrons. The second-order valence-corrected chi connectivity index (χ2v) is 15.9. The first-order valence-corrected chi connectivity index (χ1v) is 20.8. The molecule has 14 nitrogen and oxygen atoms in total. The van der Waals surface area contributed by atoms with Gasteiger partial charge in [0.2, 0.25) is 0 Å². The maximum Gasteiger partial charge on any atom is 0.274 e. The van der Waals surface area contributed by atoms with E-state index in [1.165, 1.54) is 12.1 Å². The van der Waals surface area contributed by atoms with Gasteiger partial charge in [0.1, 0.15) is 36.2 Å². The summed E-state index contributed by atoms with van der Waals surface area (Å²) in [7, 11) is 5.27. The molecule has 4 aromatic carbocycles. The Morgan fingerprint density at radius 2 is 1.46 bits per heavy atom. The van der Waals surface area contributed by atoms with E-state index in [0.29, 0.717) is 58.2 Å². The van der Waals surface area contributed by atoms with Crippen molar-refractivity contribution in [2.45, 2.75) is 19.9 Å². The maximum atomic E-state index is 14.7. The molecule has 8 aromatic rings. The molecule has 4 bridgehead atoms. The summed E-state index contributed by atoms with van der Waals surface area (Å²) in [6.07, 6.45) is 9.99. The highest BCUT2D eigenvalue weighted by Crippen LogP contribution is 2.36. The molecule has 6 heterocycles. The number of likely N-dealkylation sites (N-methyl/N-ethyl adjacent to an activating group) is 2. The van der Waals surface area contributed by atoms with E-state index in [0.717, 1.165) is 55.4 Å². The standard InChI is InChI=1S/C48H43FN10O4/c1-5-38-33-11-15-42-37-24-30(8-13-40(37)51-53-42)35-25-32(49)10-17-44(35)63-21-19-57(3)48(61)46(33)59(54-38)26-28-6-16-43-34(22-28)29-7-12-39-36(23-29)41(52-50-39)14-9-31-27-58(4)55-45(31)47(60)56(2)18-20-62-43/h6-17,22-25,27H,5,18-21,26H2,1-4H3,(H,50,52)(H,51,53)/b14-9+,15-11+. The van der Waals surface area contributed by atoms with Crippen LogP contribution in [0.2, 0.25) is 0 Å². The van der Waals surface area contributed by atoms with Gasteiger partial charge in [-0.05, 0) is 102 Å². The van der Waals surface area contributed by atoms with Gasteiger partial charge in [0, 0.05) is 60.4 Å². The summed E-state index contributed by atoms with van der Waals surface area (Å²) >= 11 is 0. The van der Waals surface area contributed by atoms with E-state index in [1.54, 1.807) is 46.4 Å². The Bertz CT molecular complexity index is 3170. The van der Waals surface area contributed by atoms with Crippen molar-refractivity contribution in [1.29, 1.82) is 0 Å². The number of hydrogen-bond donors (Lipinski definition) is 2. The number of nitrogens with zero attached hydrogens (tertiary/aromatic N) is 8. The zero-order chi connectivity index (χ0) is 43.4. The van der Waals surface area contributed by atoms with Crippen LogP contribution in [0.3, 0.4) is 0 Å². The number of fused-ring (bicyclic) bond motifs is 8. The van der Waals surface area contributed by atoms with Crippen LogP contribution in [0.5, 0.6) is 11.5 Å². The highest BCUT2D eigenvalue weighted by molar-refractivity contribution is 6.00. The lowest BCUT2D eigenvalue weighted by molar-refractivity contribution is 0.0757. The maximum absolute atomic E-state index is 14.7. The van der Waals surface area contributed by atoms with E-state index < -0.39 is 0 Å². The Labute approximate surface area is 361 Å². The fourth-order valence-corrected chi connectivity index (χ4v) is 8.29. The van der Waals surface area contributed by atoms with Gasteiger partial charge in [-0.3, -0.25) is 29.2 Å². The smallest absolute Gasteiger partial charge is 0.274 e. The quantitative estimate of drug-likeness (QED) is 0.184. The highest BCUT2D eigenvalue weighted by atomic mass is 19.1. The van der Waals surface area contributed by atoms with Crippen LogP contribution < -0.4 is 9.47 Å². The van der Waals surface area contributed by atoms with E-state index >= 15 is 0 Å². The van der Waals surface area contributed by atoms with Gasteiger partial charge in [0.25, 0.3) is 11.8 Å². The Morgan fingerprint density at radius 3 is 2.25 bits per heavy atom. The van der Waals surface area contributed by atoms with E-state index in [9.17, 15) is 14.0 Å². The number of rotatable bonds is 3. The number of benzene rings is 4. The van der Waals surface area contributed by atoms with Gasteiger partial charge in [0.15, 0.2) is 5.69 Å². The third-order valence-electron chi connectivity index (χ3n) is 11.7. The fraction of sp³-hybridized carbons (Fsp3) is 0.208. The Hall–Kier alpha value is -7.81. The minimum atomic E-state index is -0.377. The summed E-state index contributed by atoms with van der Waals surface area (Å²) in [5.74, 6) is 0.330. The minimum Gasteiger partial charge on any atom is -0.491 e. The normalized spacial score (nSPS) is 15.4. The number of carbonyl (C=O) groups is 2. The molecule has 2 aliphatic heterocycles. The average molecular weight is 843 g/mol. The third-order valence-corrected chi connectivity index (χ3v) is 11.7. The van der Waals surface area contributed by atoms with Gasteiger partial charge < -0.3 is 19.3 Å². The predicted molar refractivity (Wildman–Crippen MR) is 240 cm³/mol. The molecule has 15 heteroatoms. The monoisotopic (exact) mass is 842 g/mol. The Morgan fingerprint density at radius 1 is 0.730 bits per heavy atom. The summed E-state index contributed by atoms with van der Waals surface area (Å²) in [6, 6.07) is 22.3. The zero-order valence-electron chi connectivity index (χ0n) is 35.1. The molecule has 63 heavy (non-hydrogen) atoms. The van der Waals surface area contributed by atoms with E-state index in [2.05, 4.69) is 37.6 Å². The van der Waals surface area contributed by atoms with Crippen molar-refractivity contribution in [3.8, 4) is 33.8 Å². The number of H-pyrrole nitrogens is 2. The van der Waals surface area contributed by atoms with E-state index in [4.69, 9.17) is 14.6 Å². The molecule has 0 unspecified atom stereocenters. The lowest BCUT2D eigenvalue weighted by Crippen LogP contribution is -2.33. The fourth-order valence-electron chi connectivity index (χ4n) is 8.29. The summed E-state index contributed by atoms with van der Waals surface area (Å²) in [6.45, 7) is 3.31. The van der Waals surface area contributed by atoms with Crippen molar-refractivity contribution >= 4 is 57.9 Å². The summed E-state index contributed by atoms with van der Waals surface area (Å²) in [4.78, 5) is 31.5.